The fourth-order valence-electron chi connectivity index (χ4n) is 2.27. The molecule has 0 aromatic heterocycles. The van der Waals surface area contributed by atoms with Gasteiger partial charge in [-0.3, -0.25) is 4.79 Å². The third-order valence-electron chi connectivity index (χ3n) is 3.37. The fraction of sp³-hybridized carbons (Fsp3) is 0.533. The quantitative estimate of drug-likeness (QED) is 0.878. The van der Waals surface area contributed by atoms with Gasteiger partial charge in [0.1, 0.15) is 5.75 Å². The van der Waals surface area contributed by atoms with Crippen molar-refractivity contribution in [2.45, 2.75) is 45.3 Å². The lowest BCUT2D eigenvalue weighted by Crippen LogP contribution is -2.36. The number of nitrogens with one attached hydrogen (secondary N) is 1. The van der Waals surface area contributed by atoms with E-state index in [1.54, 1.807) is 6.92 Å². The number of aryl methyl sites for hydroxylation is 1. The molecule has 1 heterocycles. The van der Waals surface area contributed by atoms with Crippen LogP contribution < -0.4 is 10.1 Å². The van der Waals surface area contributed by atoms with Gasteiger partial charge < -0.3 is 15.2 Å². The summed E-state index contributed by atoms with van der Waals surface area (Å²) < 4.78 is 5.85. The topological polar surface area (TPSA) is 58.6 Å². The Labute approximate surface area is 113 Å². The van der Waals surface area contributed by atoms with E-state index in [1.165, 1.54) is 0 Å². The molecule has 0 radical (unpaired) electrons. The smallest absolute Gasteiger partial charge is 0.261 e. The highest BCUT2D eigenvalue weighted by molar-refractivity contribution is 5.81. The molecule has 0 spiro atoms. The van der Waals surface area contributed by atoms with Gasteiger partial charge in [0.15, 0.2) is 6.10 Å². The van der Waals surface area contributed by atoms with Crippen molar-refractivity contribution in [2.75, 3.05) is 6.54 Å². The van der Waals surface area contributed by atoms with Gasteiger partial charge in [0.05, 0.1) is 6.10 Å². The minimum Gasteiger partial charge on any atom is -0.480 e. The predicted molar refractivity (Wildman–Crippen MR) is 73.1 cm³/mol. The Balaban J connectivity index is 2.21. The minimum absolute atomic E-state index is 0.0597. The summed E-state index contributed by atoms with van der Waals surface area (Å²) in [7, 11) is 0. The Hall–Kier alpha value is -1.55. The number of rotatable bonds is 3. The molecule has 0 saturated carbocycles. The second-order valence-electron chi connectivity index (χ2n) is 5.11. The Morgan fingerprint density at radius 2 is 2.21 bits per heavy atom. The molecule has 4 heteroatoms. The number of benzene rings is 1. The average molecular weight is 263 g/mol. The highest BCUT2D eigenvalue weighted by Crippen LogP contribution is 2.28. The van der Waals surface area contributed by atoms with Crippen molar-refractivity contribution in [1.82, 2.24) is 5.32 Å². The van der Waals surface area contributed by atoms with E-state index in [0.717, 1.165) is 36.9 Å². The molecule has 0 bridgehead atoms. The van der Waals surface area contributed by atoms with Gasteiger partial charge in [-0.1, -0.05) is 12.1 Å². The zero-order chi connectivity index (χ0) is 13.8. The van der Waals surface area contributed by atoms with Crippen molar-refractivity contribution in [1.29, 1.82) is 0 Å². The maximum Gasteiger partial charge on any atom is 0.261 e. The Morgan fingerprint density at radius 1 is 1.42 bits per heavy atom. The molecule has 4 nitrogen and oxygen atoms in total. The highest BCUT2D eigenvalue weighted by atomic mass is 16.5. The van der Waals surface area contributed by atoms with Gasteiger partial charge in [-0.25, -0.2) is 0 Å². The molecule has 0 aliphatic carbocycles. The molecule has 1 amide bonds. The molecule has 2 rings (SSSR count). The molecule has 2 N–H and O–H groups in total. The lowest BCUT2D eigenvalue weighted by molar-refractivity contribution is -0.127. The van der Waals surface area contributed by atoms with Crippen molar-refractivity contribution < 1.29 is 14.6 Å². The van der Waals surface area contributed by atoms with Gasteiger partial charge in [0, 0.05) is 12.1 Å². The summed E-state index contributed by atoms with van der Waals surface area (Å²) in [5.41, 5.74) is 1.77. The summed E-state index contributed by atoms with van der Waals surface area (Å²) in [6, 6.07) is 5.66. The van der Waals surface area contributed by atoms with E-state index in [9.17, 15) is 9.90 Å². The molecule has 1 aliphatic rings. The first-order valence-corrected chi connectivity index (χ1v) is 6.81. The van der Waals surface area contributed by atoms with Gasteiger partial charge >= 0.3 is 0 Å². The van der Waals surface area contributed by atoms with Crippen LogP contribution in [-0.2, 0) is 4.79 Å². The van der Waals surface area contributed by atoms with E-state index in [4.69, 9.17) is 4.74 Å². The Kier molecular flexibility index (Phi) is 4.43. The summed E-state index contributed by atoms with van der Waals surface area (Å²) in [6.45, 7) is 4.38. The molecular weight excluding hydrogens is 242 g/mol. The third kappa shape index (κ3) is 3.47. The summed E-state index contributed by atoms with van der Waals surface area (Å²) in [5.74, 6) is 0.549. The molecule has 19 heavy (non-hydrogen) atoms. The van der Waals surface area contributed by atoms with Crippen LogP contribution in [0.15, 0.2) is 18.2 Å². The van der Waals surface area contributed by atoms with Gasteiger partial charge in [0.2, 0.25) is 0 Å². The zero-order valence-electron chi connectivity index (χ0n) is 11.5. The molecule has 1 aliphatic heterocycles. The van der Waals surface area contributed by atoms with E-state index >= 15 is 0 Å². The number of carbonyl (C=O) groups is 1. The Bertz CT molecular complexity index is 457. The first kappa shape index (κ1) is 13.9. The average Bonchev–Trinajstić information content (AvgIpc) is 2.55. The molecule has 1 aromatic rings. The van der Waals surface area contributed by atoms with E-state index in [0.29, 0.717) is 5.75 Å². The van der Waals surface area contributed by atoms with Crippen LogP contribution in [0.25, 0.3) is 0 Å². The lowest BCUT2D eigenvalue weighted by atomic mass is 10.1. The van der Waals surface area contributed by atoms with E-state index < -0.39 is 12.2 Å². The van der Waals surface area contributed by atoms with Crippen molar-refractivity contribution in [2.24, 2.45) is 0 Å². The van der Waals surface area contributed by atoms with Crippen LogP contribution in [0.4, 0.5) is 0 Å². The molecule has 1 fully saturated rings. The van der Waals surface area contributed by atoms with Gasteiger partial charge in [0.25, 0.3) is 5.91 Å². The van der Waals surface area contributed by atoms with Crippen molar-refractivity contribution in [3.8, 4) is 5.75 Å². The number of hydrogen-bond acceptors (Lipinski definition) is 3. The number of ether oxygens (including phenoxy) is 1. The van der Waals surface area contributed by atoms with Gasteiger partial charge in [-0.15, -0.1) is 0 Å². The fourth-order valence-corrected chi connectivity index (χ4v) is 2.27. The number of amides is 1. The molecule has 2 atom stereocenters. The van der Waals surface area contributed by atoms with Crippen LogP contribution in [0.2, 0.25) is 0 Å². The van der Waals surface area contributed by atoms with Crippen LogP contribution >= 0.6 is 0 Å². The lowest BCUT2D eigenvalue weighted by Gasteiger charge is -2.20. The maximum absolute atomic E-state index is 11.9. The monoisotopic (exact) mass is 263 g/mol. The van der Waals surface area contributed by atoms with Crippen LogP contribution in [0, 0.1) is 6.92 Å². The van der Waals surface area contributed by atoms with Crippen molar-refractivity contribution in [3.05, 3.63) is 29.3 Å². The van der Waals surface area contributed by atoms with Crippen LogP contribution in [-0.4, -0.2) is 23.7 Å². The van der Waals surface area contributed by atoms with E-state index in [1.807, 2.05) is 25.1 Å². The van der Waals surface area contributed by atoms with Crippen LogP contribution in [0.5, 0.6) is 5.75 Å². The van der Waals surface area contributed by atoms with E-state index in [2.05, 4.69) is 5.32 Å². The first-order valence-electron chi connectivity index (χ1n) is 6.81. The van der Waals surface area contributed by atoms with Crippen LogP contribution in [0.3, 0.4) is 0 Å². The standard InChI is InChI=1S/C15H21NO3/c1-10-6-7-12(11(2)17)14(9-10)19-13-5-3-4-8-16-15(13)18/h6-7,9,11,13,17H,3-5,8H2,1-2H3,(H,16,18)/t11-,13?/m0/s1. The summed E-state index contributed by atoms with van der Waals surface area (Å²) >= 11 is 0. The number of aliphatic hydroxyl groups is 1. The molecule has 1 unspecified atom stereocenters. The minimum atomic E-state index is -0.607. The molecule has 104 valence electrons. The second kappa shape index (κ2) is 6.06. The summed E-state index contributed by atoms with van der Waals surface area (Å²) in [6.07, 6.45) is 1.62. The maximum atomic E-state index is 11.9. The van der Waals surface area contributed by atoms with Gasteiger partial charge in [-0.05, 0) is 44.7 Å². The largest absolute Gasteiger partial charge is 0.480 e. The number of carbonyl (C=O) groups excluding carboxylic acids is 1. The first-order chi connectivity index (χ1) is 9.08. The molecular formula is C15H21NO3. The predicted octanol–water partition coefficient (Wildman–Crippen LogP) is 2.10. The van der Waals surface area contributed by atoms with E-state index in [-0.39, 0.29) is 5.91 Å². The molecule has 1 saturated heterocycles. The second-order valence-corrected chi connectivity index (χ2v) is 5.11. The summed E-state index contributed by atoms with van der Waals surface area (Å²) in [4.78, 5) is 11.9. The molecule has 1 aromatic carbocycles. The van der Waals surface area contributed by atoms with Gasteiger partial charge in [-0.2, -0.15) is 0 Å². The SMILES string of the molecule is Cc1ccc([C@H](C)O)c(OC2CCCCNC2=O)c1. The van der Waals surface area contributed by atoms with Crippen LogP contribution in [0.1, 0.15) is 43.4 Å². The zero-order valence-corrected chi connectivity index (χ0v) is 11.5. The number of hydrogen-bond donors (Lipinski definition) is 2. The summed E-state index contributed by atoms with van der Waals surface area (Å²) in [5, 5.41) is 12.6. The highest BCUT2D eigenvalue weighted by Gasteiger charge is 2.23. The normalized spacial score (nSPS) is 21.4. The van der Waals surface area contributed by atoms with Crippen molar-refractivity contribution in [3.63, 3.8) is 0 Å². The number of aliphatic hydroxyl groups excluding tert-OH is 1. The Morgan fingerprint density at radius 3 is 2.95 bits per heavy atom. The third-order valence-corrected chi connectivity index (χ3v) is 3.37. The van der Waals surface area contributed by atoms with Crippen molar-refractivity contribution >= 4 is 5.91 Å².